The normalized spacial score (nSPS) is 11.1. The summed E-state index contributed by atoms with van der Waals surface area (Å²) in [5, 5.41) is 7.75. The maximum atomic E-state index is 10.4. The summed E-state index contributed by atoms with van der Waals surface area (Å²) < 4.78 is 14.7. The molecule has 0 amide bonds. The molecule has 0 aliphatic carbocycles. The summed E-state index contributed by atoms with van der Waals surface area (Å²) in [5.74, 6) is 0. The standard InChI is InChI=1S/C12H27O4P.C2H7NO/c1-2-3-4-5-6-7-8-9-10-11-12-16-17(13,14)15;3-1-2-4/h2-12H2,1H3,(H2,13,14,15);4H,1-3H2. The molecule has 21 heavy (non-hydrogen) atoms. The average Bonchev–Trinajstić information content (AvgIpc) is 2.44. The van der Waals surface area contributed by atoms with Crippen LogP contribution in [0.4, 0.5) is 0 Å². The van der Waals surface area contributed by atoms with E-state index < -0.39 is 7.82 Å². The minimum absolute atomic E-state index is 0.0972. The first-order valence-electron chi connectivity index (χ1n) is 7.99. The predicted octanol–water partition coefficient (Wildman–Crippen LogP) is 2.95. The molecular weight excluding hydrogens is 293 g/mol. The van der Waals surface area contributed by atoms with Crippen molar-refractivity contribution >= 4 is 7.82 Å². The van der Waals surface area contributed by atoms with Crippen LogP contribution in [0.2, 0.25) is 0 Å². The monoisotopic (exact) mass is 327 g/mol. The molecule has 0 atom stereocenters. The van der Waals surface area contributed by atoms with Crippen LogP contribution >= 0.6 is 7.82 Å². The Kier molecular flexibility index (Phi) is 20.1. The van der Waals surface area contributed by atoms with Gasteiger partial charge in [-0.25, -0.2) is 4.57 Å². The lowest BCUT2D eigenvalue weighted by Crippen LogP contribution is -2.02. The highest BCUT2D eigenvalue weighted by atomic mass is 31.2. The van der Waals surface area contributed by atoms with Gasteiger partial charge >= 0.3 is 7.82 Å². The fraction of sp³-hybridized carbons (Fsp3) is 1.00. The number of rotatable bonds is 13. The van der Waals surface area contributed by atoms with Crippen LogP contribution < -0.4 is 5.73 Å². The predicted molar refractivity (Wildman–Crippen MR) is 86.0 cm³/mol. The fourth-order valence-corrected chi connectivity index (χ4v) is 2.14. The van der Waals surface area contributed by atoms with Crippen molar-refractivity contribution in [2.75, 3.05) is 19.8 Å². The van der Waals surface area contributed by atoms with Crippen molar-refractivity contribution in [2.45, 2.75) is 71.1 Å². The molecule has 5 N–H and O–H groups in total. The number of hydrogen-bond donors (Lipinski definition) is 4. The smallest absolute Gasteiger partial charge is 0.395 e. The minimum Gasteiger partial charge on any atom is -0.395 e. The van der Waals surface area contributed by atoms with Gasteiger partial charge in [-0.1, -0.05) is 64.7 Å². The maximum absolute atomic E-state index is 10.4. The number of phosphoric acid groups is 1. The van der Waals surface area contributed by atoms with Crippen molar-refractivity contribution in [3.8, 4) is 0 Å². The van der Waals surface area contributed by atoms with Gasteiger partial charge in [0.15, 0.2) is 0 Å². The third kappa shape index (κ3) is 28.8. The van der Waals surface area contributed by atoms with Gasteiger partial charge in [0.05, 0.1) is 13.2 Å². The molecule has 0 rings (SSSR count). The second-order valence-electron chi connectivity index (χ2n) is 5.02. The van der Waals surface area contributed by atoms with Crippen LogP contribution in [0, 0.1) is 0 Å². The molecule has 0 spiro atoms. The first-order valence-corrected chi connectivity index (χ1v) is 9.52. The molecule has 0 radical (unpaired) electrons. The van der Waals surface area contributed by atoms with Crippen LogP contribution in [0.5, 0.6) is 0 Å². The molecule has 6 nitrogen and oxygen atoms in total. The van der Waals surface area contributed by atoms with Crippen LogP contribution in [0.3, 0.4) is 0 Å². The summed E-state index contributed by atoms with van der Waals surface area (Å²) in [6.45, 7) is 2.86. The Balaban J connectivity index is 0. The van der Waals surface area contributed by atoms with E-state index in [1.165, 1.54) is 44.9 Å². The molecule has 0 fully saturated rings. The van der Waals surface area contributed by atoms with Gasteiger partial charge in [0.25, 0.3) is 0 Å². The Morgan fingerprint density at radius 1 is 0.905 bits per heavy atom. The Morgan fingerprint density at radius 2 is 1.29 bits per heavy atom. The van der Waals surface area contributed by atoms with Crippen LogP contribution in [0.15, 0.2) is 0 Å². The molecule has 130 valence electrons. The van der Waals surface area contributed by atoms with Crippen molar-refractivity contribution in [2.24, 2.45) is 5.73 Å². The SMILES string of the molecule is CCCCCCCCCCCCOP(=O)(O)O.NCCO. The van der Waals surface area contributed by atoms with Crippen molar-refractivity contribution < 1.29 is 24.0 Å². The third-order valence-corrected chi connectivity index (χ3v) is 3.41. The molecule has 0 saturated carbocycles. The summed E-state index contributed by atoms with van der Waals surface area (Å²) in [5.41, 5.74) is 4.78. The number of aliphatic hydroxyl groups excluding tert-OH is 1. The molecular formula is C14H34NO5P. The van der Waals surface area contributed by atoms with Gasteiger partial charge in [-0.2, -0.15) is 0 Å². The zero-order valence-corrected chi connectivity index (χ0v) is 14.3. The lowest BCUT2D eigenvalue weighted by Gasteiger charge is -2.05. The van der Waals surface area contributed by atoms with Gasteiger partial charge in [0.2, 0.25) is 0 Å². The zero-order valence-electron chi connectivity index (χ0n) is 13.4. The lowest BCUT2D eigenvalue weighted by molar-refractivity contribution is 0.193. The molecule has 0 aliphatic rings. The van der Waals surface area contributed by atoms with E-state index in [1.807, 2.05) is 0 Å². The van der Waals surface area contributed by atoms with Gasteiger partial charge in [-0.15, -0.1) is 0 Å². The Hall–Kier alpha value is 0.0300. The summed E-state index contributed by atoms with van der Waals surface area (Å²) in [4.78, 5) is 16.9. The van der Waals surface area contributed by atoms with E-state index in [1.54, 1.807) is 0 Å². The van der Waals surface area contributed by atoms with Crippen LogP contribution in [-0.2, 0) is 9.09 Å². The average molecular weight is 327 g/mol. The molecule has 0 aromatic heterocycles. The van der Waals surface area contributed by atoms with Crippen LogP contribution in [0.25, 0.3) is 0 Å². The summed E-state index contributed by atoms with van der Waals surface area (Å²) in [7, 11) is -4.24. The number of phosphoric ester groups is 1. The van der Waals surface area contributed by atoms with Crippen LogP contribution in [-0.4, -0.2) is 34.7 Å². The Labute approximate surface area is 129 Å². The van der Waals surface area contributed by atoms with Crippen molar-refractivity contribution in [1.82, 2.24) is 0 Å². The van der Waals surface area contributed by atoms with E-state index in [9.17, 15) is 4.57 Å². The molecule has 0 aromatic rings. The Morgan fingerprint density at radius 3 is 1.62 bits per heavy atom. The first-order chi connectivity index (χ1) is 9.97. The summed E-state index contributed by atoms with van der Waals surface area (Å²) >= 11 is 0. The molecule has 0 aromatic carbocycles. The van der Waals surface area contributed by atoms with E-state index in [0.717, 1.165) is 19.3 Å². The molecule has 0 saturated heterocycles. The van der Waals surface area contributed by atoms with Gasteiger partial charge in [0.1, 0.15) is 0 Å². The Bertz CT molecular complexity index is 233. The second-order valence-corrected chi connectivity index (χ2v) is 6.26. The summed E-state index contributed by atoms with van der Waals surface area (Å²) in [6, 6.07) is 0. The van der Waals surface area contributed by atoms with Crippen molar-refractivity contribution in [3.05, 3.63) is 0 Å². The van der Waals surface area contributed by atoms with Crippen LogP contribution in [0.1, 0.15) is 71.1 Å². The maximum Gasteiger partial charge on any atom is 0.469 e. The fourth-order valence-electron chi connectivity index (χ4n) is 1.77. The highest BCUT2D eigenvalue weighted by molar-refractivity contribution is 7.46. The van der Waals surface area contributed by atoms with Gasteiger partial charge < -0.3 is 20.6 Å². The second kappa shape index (κ2) is 18.1. The lowest BCUT2D eigenvalue weighted by atomic mass is 10.1. The number of unbranched alkanes of at least 4 members (excludes halogenated alkanes) is 9. The number of aliphatic hydroxyl groups is 1. The van der Waals surface area contributed by atoms with Gasteiger partial charge in [-0.3, -0.25) is 4.52 Å². The van der Waals surface area contributed by atoms with E-state index >= 15 is 0 Å². The highest BCUT2D eigenvalue weighted by Gasteiger charge is 2.12. The summed E-state index contributed by atoms with van der Waals surface area (Å²) in [6.07, 6.45) is 12.0. The molecule has 7 heteroatoms. The number of nitrogens with two attached hydrogens (primary N) is 1. The zero-order chi connectivity index (χ0) is 16.4. The highest BCUT2D eigenvalue weighted by Crippen LogP contribution is 2.35. The topological polar surface area (TPSA) is 113 Å². The van der Waals surface area contributed by atoms with E-state index in [2.05, 4.69) is 11.4 Å². The third-order valence-electron chi connectivity index (χ3n) is 2.89. The molecule has 0 aliphatic heterocycles. The minimum atomic E-state index is -4.24. The molecule has 0 heterocycles. The molecule has 0 unspecified atom stereocenters. The van der Waals surface area contributed by atoms with Gasteiger partial charge in [-0.05, 0) is 6.42 Å². The van der Waals surface area contributed by atoms with E-state index in [-0.39, 0.29) is 13.2 Å². The van der Waals surface area contributed by atoms with Crippen molar-refractivity contribution in [1.29, 1.82) is 0 Å². The molecule has 0 bridgehead atoms. The number of hydrogen-bond acceptors (Lipinski definition) is 4. The van der Waals surface area contributed by atoms with Gasteiger partial charge in [0, 0.05) is 6.54 Å². The van der Waals surface area contributed by atoms with E-state index in [4.69, 9.17) is 20.6 Å². The quantitative estimate of drug-likeness (QED) is 0.305. The first kappa shape index (κ1) is 23.3. The van der Waals surface area contributed by atoms with Crippen molar-refractivity contribution in [3.63, 3.8) is 0 Å². The largest absolute Gasteiger partial charge is 0.469 e. The van der Waals surface area contributed by atoms with E-state index in [0.29, 0.717) is 6.54 Å².